The lowest BCUT2D eigenvalue weighted by Gasteiger charge is -2.33. The number of rotatable bonds is 7. The lowest BCUT2D eigenvalue weighted by Crippen LogP contribution is -2.42. The van der Waals surface area contributed by atoms with E-state index in [0.29, 0.717) is 23.8 Å². The monoisotopic (exact) mass is 453 g/mol. The van der Waals surface area contributed by atoms with Crippen LogP contribution >= 0.6 is 11.8 Å². The van der Waals surface area contributed by atoms with Gasteiger partial charge in [-0.1, -0.05) is 6.92 Å². The summed E-state index contributed by atoms with van der Waals surface area (Å²) in [6.45, 7) is 4.00. The molecule has 8 atom stereocenters. The maximum atomic E-state index is 13.4. The number of pyridine rings is 1. The van der Waals surface area contributed by atoms with Crippen molar-refractivity contribution < 1.29 is 9.59 Å². The van der Waals surface area contributed by atoms with Crippen LogP contribution in [0.25, 0.3) is 0 Å². The molecule has 0 radical (unpaired) electrons. The summed E-state index contributed by atoms with van der Waals surface area (Å²) in [5, 5.41) is 4.33. The molecule has 5 nitrogen and oxygen atoms in total. The number of hydrogen-bond acceptors (Lipinski definition) is 5. The number of carbonyl (C=O) groups excluding carboxylic acids is 2. The summed E-state index contributed by atoms with van der Waals surface area (Å²) >= 11 is 1.70. The number of hydrogen-bond donors (Lipinski definition) is 1. The molecule has 1 saturated heterocycles. The van der Waals surface area contributed by atoms with E-state index in [1.807, 2.05) is 12.1 Å². The van der Waals surface area contributed by atoms with Crippen molar-refractivity contribution in [2.75, 3.05) is 23.7 Å². The average molecular weight is 454 g/mol. The predicted octanol–water partition coefficient (Wildman–Crippen LogP) is 4.41. The third-order valence-corrected chi connectivity index (χ3v) is 10.4. The zero-order valence-electron chi connectivity index (χ0n) is 19.0. The zero-order chi connectivity index (χ0) is 21.8. The number of thioether (sulfide) groups is 1. The molecule has 1 aliphatic heterocycles. The van der Waals surface area contributed by atoms with Crippen LogP contribution in [0.4, 0.5) is 5.82 Å². The molecule has 5 fully saturated rings. The number of amides is 1. The quantitative estimate of drug-likeness (QED) is 0.489. The van der Waals surface area contributed by atoms with Crippen LogP contribution in [0, 0.1) is 41.4 Å². The van der Waals surface area contributed by atoms with Gasteiger partial charge in [0.05, 0.1) is 5.56 Å². The first-order chi connectivity index (χ1) is 15.6. The van der Waals surface area contributed by atoms with Gasteiger partial charge < -0.3 is 15.0 Å². The highest BCUT2D eigenvalue weighted by molar-refractivity contribution is 7.99. The SMILES string of the molecule is CCCSc1nc(N2C[C@@H]3[C@@H](C=O)[C@@H]3C2)ccc1C(=O)NC1CCC2CC3CC2CC1C3. The molecule has 6 rings (SSSR count). The molecule has 1 amide bonds. The zero-order valence-corrected chi connectivity index (χ0v) is 19.9. The minimum Gasteiger partial charge on any atom is -0.356 e. The number of nitrogens with zero attached hydrogens (tertiary/aromatic N) is 2. The molecule has 0 aromatic carbocycles. The molecule has 0 spiro atoms. The summed E-state index contributed by atoms with van der Waals surface area (Å²) in [4.78, 5) is 31.8. The van der Waals surface area contributed by atoms with Crippen LogP contribution in [-0.2, 0) is 4.79 Å². The molecule has 5 aliphatic rings. The van der Waals surface area contributed by atoms with Crippen LogP contribution in [0.5, 0.6) is 0 Å². The standard InChI is InChI=1S/C26H35N3O2S/c1-2-7-32-26-19(4-6-24(28-26)29-12-20-21(13-29)22(20)14-30)25(31)27-23-5-3-16-8-15-9-17(16)11-18(23)10-15/h4,6,14-18,20-23H,2-3,5,7-13H2,1H3,(H,27,31)/t15?,16?,17?,18?,20-,21+,22+,23?. The first-order valence-corrected chi connectivity index (χ1v) is 13.8. The number of aromatic nitrogens is 1. The maximum absolute atomic E-state index is 13.4. The lowest BCUT2D eigenvalue weighted by molar-refractivity contribution is -0.109. The van der Waals surface area contributed by atoms with Crippen molar-refractivity contribution in [2.24, 2.45) is 41.4 Å². The highest BCUT2D eigenvalue weighted by Crippen LogP contribution is 2.53. The summed E-state index contributed by atoms with van der Waals surface area (Å²) in [6.07, 6.45) is 10.1. The van der Waals surface area contributed by atoms with Gasteiger partial charge in [0.2, 0.25) is 0 Å². The van der Waals surface area contributed by atoms with Gasteiger partial charge >= 0.3 is 0 Å². The molecule has 5 unspecified atom stereocenters. The fourth-order valence-electron chi connectivity index (χ4n) is 7.53. The Hall–Kier alpha value is -1.56. The van der Waals surface area contributed by atoms with Crippen molar-refractivity contribution in [3.63, 3.8) is 0 Å². The Morgan fingerprint density at radius 2 is 1.91 bits per heavy atom. The molecule has 32 heavy (non-hydrogen) atoms. The molecule has 2 heterocycles. The van der Waals surface area contributed by atoms with Crippen LogP contribution in [0.15, 0.2) is 17.2 Å². The first kappa shape index (κ1) is 21.0. The third-order valence-electron chi connectivity index (χ3n) is 9.19. The molecule has 172 valence electrons. The van der Waals surface area contributed by atoms with Crippen molar-refractivity contribution in [2.45, 2.75) is 62.9 Å². The van der Waals surface area contributed by atoms with Crippen molar-refractivity contribution >= 4 is 29.8 Å². The van der Waals surface area contributed by atoms with Gasteiger partial charge in [0.15, 0.2) is 0 Å². The molecule has 4 aliphatic carbocycles. The topological polar surface area (TPSA) is 62.3 Å². The molecule has 3 bridgehead atoms. The highest BCUT2D eigenvalue weighted by Gasteiger charge is 2.56. The Bertz CT molecular complexity index is 895. The number of anilines is 1. The minimum absolute atomic E-state index is 0.0654. The summed E-state index contributed by atoms with van der Waals surface area (Å²) in [5.74, 6) is 6.66. The molecule has 4 saturated carbocycles. The molecule has 1 aromatic rings. The fraction of sp³-hybridized carbons (Fsp3) is 0.731. The highest BCUT2D eigenvalue weighted by atomic mass is 32.2. The van der Waals surface area contributed by atoms with E-state index in [1.54, 1.807) is 11.8 Å². The second-order valence-corrected chi connectivity index (χ2v) is 12.1. The van der Waals surface area contributed by atoms with Gasteiger partial charge in [-0.05, 0) is 98.3 Å². The van der Waals surface area contributed by atoms with Crippen LogP contribution in [0.3, 0.4) is 0 Å². The van der Waals surface area contributed by atoms with Crippen LogP contribution in [0.1, 0.15) is 62.2 Å². The van der Waals surface area contributed by atoms with Crippen molar-refractivity contribution in [3.05, 3.63) is 17.7 Å². The average Bonchev–Trinajstić information content (AvgIpc) is 3.16. The predicted molar refractivity (Wildman–Crippen MR) is 127 cm³/mol. The Labute approximate surface area is 195 Å². The number of nitrogens with one attached hydrogen (secondary N) is 1. The van der Waals surface area contributed by atoms with E-state index in [1.165, 1.54) is 32.1 Å². The summed E-state index contributed by atoms with van der Waals surface area (Å²) in [6, 6.07) is 4.34. The van der Waals surface area contributed by atoms with E-state index in [2.05, 4.69) is 17.1 Å². The smallest absolute Gasteiger partial charge is 0.254 e. The van der Waals surface area contributed by atoms with Gasteiger partial charge in [0.25, 0.3) is 5.91 Å². The summed E-state index contributed by atoms with van der Waals surface area (Å²) < 4.78 is 0. The summed E-state index contributed by atoms with van der Waals surface area (Å²) in [5.41, 5.74) is 0.740. The van der Waals surface area contributed by atoms with Gasteiger partial charge in [0.1, 0.15) is 17.1 Å². The Kier molecular flexibility index (Phi) is 5.47. The van der Waals surface area contributed by atoms with Crippen molar-refractivity contribution in [1.82, 2.24) is 10.3 Å². The Morgan fingerprint density at radius 1 is 1.12 bits per heavy atom. The van der Waals surface area contributed by atoms with Crippen LogP contribution < -0.4 is 10.2 Å². The van der Waals surface area contributed by atoms with E-state index in [4.69, 9.17) is 4.98 Å². The first-order valence-electron chi connectivity index (χ1n) is 12.8. The van der Waals surface area contributed by atoms with Gasteiger partial charge in [-0.3, -0.25) is 4.79 Å². The fourth-order valence-corrected chi connectivity index (χ4v) is 8.40. The Morgan fingerprint density at radius 3 is 2.69 bits per heavy atom. The number of fused-ring (bicyclic) bond motifs is 3. The van der Waals surface area contributed by atoms with E-state index in [0.717, 1.165) is 72.1 Å². The number of piperidine rings is 1. The molecular formula is C26H35N3O2S. The van der Waals surface area contributed by atoms with Gasteiger partial charge in [-0.2, -0.15) is 0 Å². The minimum atomic E-state index is 0.0654. The van der Waals surface area contributed by atoms with Crippen molar-refractivity contribution in [1.29, 1.82) is 0 Å². The number of aldehydes is 1. The summed E-state index contributed by atoms with van der Waals surface area (Å²) in [7, 11) is 0. The van der Waals surface area contributed by atoms with Crippen LogP contribution in [-0.4, -0.2) is 42.1 Å². The maximum Gasteiger partial charge on any atom is 0.254 e. The van der Waals surface area contributed by atoms with E-state index in [9.17, 15) is 9.59 Å². The largest absolute Gasteiger partial charge is 0.356 e. The molecule has 6 heteroatoms. The molecule has 1 N–H and O–H groups in total. The van der Waals surface area contributed by atoms with E-state index in [-0.39, 0.29) is 11.8 Å². The number of carbonyl (C=O) groups is 2. The van der Waals surface area contributed by atoms with Crippen molar-refractivity contribution in [3.8, 4) is 0 Å². The van der Waals surface area contributed by atoms with Crippen LogP contribution in [0.2, 0.25) is 0 Å². The normalized spacial score (nSPS) is 39.0. The third kappa shape index (κ3) is 3.66. The second-order valence-electron chi connectivity index (χ2n) is 11.1. The van der Waals surface area contributed by atoms with Gasteiger partial charge in [-0.25, -0.2) is 4.98 Å². The second kappa shape index (κ2) is 8.34. The lowest BCUT2D eigenvalue weighted by atomic mass is 9.77. The van der Waals surface area contributed by atoms with Gasteiger partial charge in [-0.15, -0.1) is 11.8 Å². The van der Waals surface area contributed by atoms with E-state index >= 15 is 0 Å². The van der Waals surface area contributed by atoms with Gasteiger partial charge in [0, 0.05) is 25.0 Å². The molecule has 1 aromatic heterocycles. The Balaban J connectivity index is 1.18. The van der Waals surface area contributed by atoms with E-state index < -0.39 is 0 Å². The molecular weight excluding hydrogens is 418 g/mol.